The molecule has 0 saturated carbocycles. The smallest absolute Gasteiger partial charge is 0.122 e. The molecule has 1 saturated heterocycles. The van der Waals surface area contributed by atoms with Crippen LogP contribution in [0.4, 0.5) is 0 Å². The minimum Gasteiger partial charge on any atom is -0.493 e. The molecule has 2 heterocycles. The van der Waals surface area contributed by atoms with E-state index in [9.17, 15) is 0 Å². The molecule has 0 bridgehead atoms. The van der Waals surface area contributed by atoms with Crippen molar-refractivity contribution >= 4 is 5.84 Å². The fourth-order valence-electron chi connectivity index (χ4n) is 3.42. The van der Waals surface area contributed by atoms with Gasteiger partial charge < -0.3 is 15.4 Å². The summed E-state index contributed by atoms with van der Waals surface area (Å²) in [5, 5.41) is 7.74. The van der Waals surface area contributed by atoms with Crippen molar-refractivity contribution in [2.24, 2.45) is 11.1 Å². The lowest BCUT2D eigenvalue weighted by atomic mass is 9.79. The van der Waals surface area contributed by atoms with Gasteiger partial charge in [-0.1, -0.05) is 25.1 Å². The lowest BCUT2D eigenvalue weighted by Crippen LogP contribution is -2.46. The molecule has 3 N–H and O–H groups in total. The Labute approximate surface area is 126 Å². The molecule has 3 rings (SSSR count). The van der Waals surface area contributed by atoms with Gasteiger partial charge in [0.1, 0.15) is 5.75 Å². The third-order valence-electron chi connectivity index (χ3n) is 5.17. The molecule has 1 atom stereocenters. The SMILES string of the molecule is CC1(C(=N)N)CCN(CC2CCOc3ccccc32)CC1. The van der Waals surface area contributed by atoms with E-state index in [0.29, 0.717) is 11.8 Å². The van der Waals surface area contributed by atoms with Gasteiger partial charge in [0, 0.05) is 17.9 Å². The Bertz CT molecular complexity index is 521. The number of nitrogens with zero attached hydrogens (tertiary/aromatic N) is 1. The number of ether oxygens (including phenoxy) is 1. The second-order valence-corrected chi connectivity index (χ2v) is 6.65. The lowest BCUT2D eigenvalue weighted by Gasteiger charge is -2.40. The van der Waals surface area contributed by atoms with Crippen molar-refractivity contribution < 1.29 is 4.74 Å². The van der Waals surface area contributed by atoms with Crippen molar-refractivity contribution in [3.8, 4) is 5.75 Å². The first-order valence-corrected chi connectivity index (χ1v) is 7.87. The Morgan fingerprint density at radius 3 is 2.81 bits per heavy atom. The second kappa shape index (κ2) is 5.68. The summed E-state index contributed by atoms with van der Waals surface area (Å²) in [6, 6.07) is 8.41. The molecule has 2 aliphatic heterocycles. The molecule has 2 aliphatic rings. The summed E-state index contributed by atoms with van der Waals surface area (Å²) in [6.45, 7) is 6.11. The highest BCUT2D eigenvalue weighted by Gasteiger charge is 2.34. The van der Waals surface area contributed by atoms with Gasteiger partial charge >= 0.3 is 0 Å². The van der Waals surface area contributed by atoms with E-state index in [-0.39, 0.29) is 5.41 Å². The van der Waals surface area contributed by atoms with Crippen molar-refractivity contribution in [3.05, 3.63) is 29.8 Å². The quantitative estimate of drug-likeness (QED) is 0.663. The van der Waals surface area contributed by atoms with Gasteiger partial charge in [0.15, 0.2) is 0 Å². The first-order valence-electron chi connectivity index (χ1n) is 7.87. The molecule has 0 amide bonds. The van der Waals surface area contributed by atoms with Crippen LogP contribution in [0.25, 0.3) is 0 Å². The normalized spacial score (nSPS) is 24.9. The largest absolute Gasteiger partial charge is 0.493 e. The second-order valence-electron chi connectivity index (χ2n) is 6.65. The minimum atomic E-state index is -0.0932. The Morgan fingerprint density at radius 1 is 1.38 bits per heavy atom. The molecule has 4 heteroatoms. The highest BCUT2D eigenvalue weighted by atomic mass is 16.5. The first-order chi connectivity index (χ1) is 10.1. The minimum absolute atomic E-state index is 0.0932. The van der Waals surface area contributed by atoms with E-state index in [1.165, 1.54) is 5.56 Å². The zero-order valence-corrected chi connectivity index (χ0v) is 12.8. The number of piperidine rings is 1. The highest BCUT2D eigenvalue weighted by Crippen LogP contribution is 2.36. The van der Waals surface area contributed by atoms with E-state index in [1.54, 1.807) is 0 Å². The molecular weight excluding hydrogens is 262 g/mol. The number of fused-ring (bicyclic) bond motifs is 1. The van der Waals surface area contributed by atoms with Crippen LogP contribution in [0.2, 0.25) is 0 Å². The molecule has 1 fully saturated rings. The van der Waals surface area contributed by atoms with Gasteiger partial charge in [0.25, 0.3) is 0 Å². The Hall–Kier alpha value is -1.55. The monoisotopic (exact) mass is 287 g/mol. The van der Waals surface area contributed by atoms with E-state index >= 15 is 0 Å². The molecule has 0 aliphatic carbocycles. The molecule has 0 radical (unpaired) electrons. The number of rotatable bonds is 3. The highest BCUT2D eigenvalue weighted by molar-refractivity contribution is 5.83. The van der Waals surface area contributed by atoms with Crippen molar-refractivity contribution in [3.63, 3.8) is 0 Å². The average molecular weight is 287 g/mol. The van der Waals surface area contributed by atoms with E-state index < -0.39 is 0 Å². The van der Waals surface area contributed by atoms with Gasteiger partial charge in [-0.3, -0.25) is 5.41 Å². The number of benzene rings is 1. The Kier molecular flexibility index (Phi) is 3.89. The Balaban J connectivity index is 1.63. The van der Waals surface area contributed by atoms with Crippen LogP contribution in [0, 0.1) is 10.8 Å². The number of hydrogen-bond acceptors (Lipinski definition) is 3. The number of nitrogens with one attached hydrogen (secondary N) is 1. The Morgan fingerprint density at radius 2 is 2.10 bits per heavy atom. The van der Waals surface area contributed by atoms with Crippen LogP contribution >= 0.6 is 0 Å². The van der Waals surface area contributed by atoms with Crippen LogP contribution in [-0.4, -0.2) is 37.0 Å². The molecule has 21 heavy (non-hydrogen) atoms. The van der Waals surface area contributed by atoms with Crippen LogP contribution in [-0.2, 0) is 0 Å². The van der Waals surface area contributed by atoms with Crippen molar-refractivity contribution in [1.82, 2.24) is 4.90 Å². The summed E-state index contributed by atoms with van der Waals surface area (Å²) in [6.07, 6.45) is 3.08. The average Bonchev–Trinajstić information content (AvgIpc) is 2.50. The van der Waals surface area contributed by atoms with Gasteiger partial charge in [-0.05, 0) is 44.0 Å². The molecule has 1 unspecified atom stereocenters. The predicted octanol–water partition coefficient (Wildman–Crippen LogP) is 2.59. The van der Waals surface area contributed by atoms with E-state index in [0.717, 1.165) is 51.3 Å². The molecular formula is C17H25N3O. The summed E-state index contributed by atoms with van der Waals surface area (Å²) in [4.78, 5) is 2.53. The van der Waals surface area contributed by atoms with Crippen LogP contribution in [0.15, 0.2) is 24.3 Å². The molecule has 4 nitrogen and oxygen atoms in total. The number of likely N-dealkylation sites (tertiary alicyclic amines) is 1. The van der Waals surface area contributed by atoms with E-state index in [4.69, 9.17) is 15.9 Å². The van der Waals surface area contributed by atoms with Gasteiger partial charge in [-0.25, -0.2) is 0 Å². The number of nitrogens with two attached hydrogens (primary N) is 1. The first kappa shape index (κ1) is 14.4. The topological polar surface area (TPSA) is 62.3 Å². The zero-order valence-electron chi connectivity index (χ0n) is 12.8. The van der Waals surface area contributed by atoms with Crippen LogP contribution in [0.5, 0.6) is 5.75 Å². The van der Waals surface area contributed by atoms with E-state index in [2.05, 4.69) is 30.0 Å². The molecule has 0 aromatic heterocycles. The summed E-state index contributed by atoms with van der Waals surface area (Å²) < 4.78 is 5.74. The van der Waals surface area contributed by atoms with E-state index in [1.807, 2.05) is 6.07 Å². The van der Waals surface area contributed by atoms with Crippen LogP contribution in [0.1, 0.15) is 37.7 Å². The van der Waals surface area contributed by atoms with Crippen molar-refractivity contribution in [1.29, 1.82) is 5.41 Å². The molecule has 114 valence electrons. The van der Waals surface area contributed by atoms with Crippen LogP contribution < -0.4 is 10.5 Å². The van der Waals surface area contributed by atoms with Gasteiger partial charge in [0.2, 0.25) is 0 Å². The fourth-order valence-corrected chi connectivity index (χ4v) is 3.42. The van der Waals surface area contributed by atoms with Gasteiger partial charge in [-0.15, -0.1) is 0 Å². The number of hydrogen-bond donors (Lipinski definition) is 2. The number of amidine groups is 1. The van der Waals surface area contributed by atoms with Crippen molar-refractivity contribution in [2.45, 2.75) is 32.1 Å². The fraction of sp³-hybridized carbons (Fsp3) is 0.588. The summed E-state index contributed by atoms with van der Waals surface area (Å²) >= 11 is 0. The van der Waals surface area contributed by atoms with Crippen LogP contribution in [0.3, 0.4) is 0 Å². The van der Waals surface area contributed by atoms with Crippen molar-refractivity contribution in [2.75, 3.05) is 26.2 Å². The predicted molar refractivity (Wildman–Crippen MR) is 85.0 cm³/mol. The molecule has 1 aromatic carbocycles. The third kappa shape index (κ3) is 2.91. The summed E-state index contributed by atoms with van der Waals surface area (Å²) in [7, 11) is 0. The van der Waals surface area contributed by atoms with Gasteiger partial charge in [-0.2, -0.15) is 0 Å². The van der Waals surface area contributed by atoms with Gasteiger partial charge in [0.05, 0.1) is 12.4 Å². The maximum absolute atomic E-state index is 7.74. The maximum Gasteiger partial charge on any atom is 0.122 e. The maximum atomic E-state index is 7.74. The summed E-state index contributed by atoms with van der Waals surface area (Å²) in [5.41, 5.74) is 7.00. The zero-order chi connectivity index (χ0) is 14.9. The number of para-hydroxylation sites is 1. The molecule has 0 spiro atoms. The molecule has 1 aromatic rings. The lowest BCUT2D eigenvalue weighted by molar-refractivity contribution is 0.143. The summed E-state index contributed by atoms with van der Waals surface area (Å²) in [5.74, 6) is 1.97. The third-order valence-corrected chi connectivity index (χ3v) is 5.17. The standard InChI is InChI=1S/C17H25N3O/c1-17(16(18)19)7-9-20(10-8-17)12-13-6-11-21-15-5-3-2-4-14(13)15/h2-5,13H,6-12H2,1H3,(H3,18,19).